The van der Waals surface area contributed by atoms with Gasteiger partial charge in [0, 0.05) is 6.42 Å². The van der Waals surface area contributed by atoms with Crippen LogP contribution in [0.5, 0.6) is 0 Å². The fourth-order valence-corrected chi connectivity index (χ4v) is 6.30. The molecule has 4 aliphatic rings. The summed E-state index contributed by atoms with van der Waals surface area (Å²) in [7, 11) is 1.80. The lowest BCUT2D eigenvalue weighted by atomic mass is 9.52. The number of hydrogen-bond donors (Lipinski definition) is 0. The van der Waals surface area contributed by atoms with Crippen molar-refractivity contribution >= 4 is 0 Å². The third-order valence-electron chi connectivity index (χ3n) is 7.51. The zero-order valence-electron chi connectivity index (χ0n) is 13.8. The molecule has 0 spiro atoms. The summed E-state index contributed by atoms with van der Waals surface area (Å²) in [6, 6.07) is 2.63. The maximum atomic E-state index is 9.53. The highest BCUT2D eigenvalue weighted by Gasteiger charge is 2.55. The smallest absolute Gasteiger partial charge is 0.0958 e. The number of fused-ring (bicyclic) bond motifs is 5. The number of ether oxygens (including phenoxy) is 1. The first kappa shape index (κ1) is 14.4. The maximum Gasteiger partial charge on any atom is 0.0958 e. The molecule has 0 heterocycles. The van der Waals surface area contributed by atoms with E-state index in [2.05, 4.69) is 25.1 Å². The van der Waals surface area contributed by atoms with Crippen LogP contribution in [0.25, 0.3) is 0 Å². The zero-order valence-corrected chi connectivity index (χ0v) is 13.8. The van der Waals surface area contributed by atoms with E-state index in [4.69, 9.17) is 4.74 Å². The summed E-state index contributed by atoms with van der Waals surface area (Å²) < 4.78 is 5.47. The average Bonchev–Trinajstić information content (AvgIpc) is 2.90. The molecule has 4 aliphatic carbocycles. The van der Waals surface area contributed by atoms with Crippen molar-refractivity contribution in [1.29, 1.82) is 5.26 Å². The Morgan fingerprint density at radius 1 is 1.23 bits per heavy atom. The van der Waals surface area contributed by atoms with Crippen molar-refractivity contribution in [3.63, 3.8) is 0 Å². The standard InChI is InChI=1S/C20H27NO/c1-20-10-9-17-16-7-5-15(22-2)11-13(16)3-6-18(17)19(20)8-4-14(20)12-21/h3,11,14,16-19H,4-10H2,1-2H3/t14-,16?,17?,18?,19?,20-/m1/s1. The number of nitrogens with zero attached hydrogens (tertiary/aromatic N) is 1. The number of hydrogen-bond acceptors (Lipinski definition) is 2. The molecular weight excluding hydrogens is 270 g/mol. The fraction of sp³-hybridized carbons (Fsp3) is 0.750. The van der Waals surface area contributed by atoms with E-state index in [1.807, 2.05) is 0 Å². The quantitative estimate of drug-likeness (QED) is 0.694. The van der Waals surface area contributed by atoms with Gasteiger partial charge in [-0.3, -0.25) is 0 Å². The number of allylic oxidation sites excluding steroid dienone is 4. The van der Waals surface area contributed by atoms with Crippen molar-refractivity contribution in [2.45, 2.75) is 51.9 Å². The normalized spacial score (nSPS) is 46.5. The molecule has 0 N–H and O–H groups in total. The Balaban J connectivity index is 1.63. The largest absolute Gasteiger partial charge is 0.501 e. The second-order valence-electron chi connectivity index (χ2n) is 8.14. The fourth-order valence-electron chi connectivity index (χ4n) is 6.30. The molecule has 0 bridgehead atoms. The van der Waals surface area contributed by atoms with E-state index >= 15 is 0 Å². The highest BCUT2D eigenvalue weighted by atomic mass is 16.5. The van der Waals surface area contributed by atoms with Gasteiger partial charge in [0.25, 0.3) is 0 Å². The molecule has 0 saturated heterocycles. The zero-order chi connectivity index (χ0) is 15.3. The van der Waals surface area contributed by atoms with Crippen molar-refractivity contribution in [3.8, 4) is 6.07 Å². The molecule has 2 heteroatoms. The first-order valence-electron chi connectivity index (χ1n) is 9.01. The van der Waals surface area contributed by atoms with E-state index in [0.717, 1.165) is 42.3 Å². The summed E-state index contributed by atoms with van der Waals surface area (Å²) in [5.41, 5.74) is 1.84. The summed E-state index contributed by atoms with van der Waals surface area (Å²) in [5, 5.41) is 9.53. The van der Waals surface area contributed by atoms with Crippen LogP contribution in [0, 0.1) is 46.3 Å². The van der Waals surface area contributed by atoms with E-state index in [1.165, 1.54) is 32.1 Å². The van der Waals surface area contributed by atoms with Gasteiger partial charge in [-0.15, -0.1) is 0 Å². The van der Waals surface area contributed by atoms with Gasteiger partial charge in [0.1, 0.15) is 0 Å². The maximum absolute atomic E-state index is 9.53. The third-order valence-corrected chi connectivity index (χ3v) is 7.51. The second kappa shape index (κ2) is 5.15. The molecular formula is C20H27NO. The van der Waals surface area contributed by atoms with Crippen molar-refractivity contribution in [1.82, 2.24) is 0 Å². The molecule has 0 amide bonds. The summed E-state index contributed by atoms with van der Waals surface area (Å²) >= 11 is 0. The van der Waals surface area contributed by atoms with Gasteiger partial charge in [-0.2, -0.15) is 5.26 Å². The number of nitriles is 1. The number of rotatable bonds is 1. The Labute approximate surface area is 134 Å². The molecule has 0 aromatic heterocycles. The summed E-state index contributed by atoms with van der Waals surface area (Å²) in [5.74, 6) is 4.67. The van der Waals surface area contributed by atoms with Crippen LogP contribution < -0.4 is 0 Å². The van der Waals surface area contributed by atoms with Gasteiger partial charge in [0.2, 0.25) is 0 Å². The Morgan fingerprint density at radius 3 is 2.86 bits per heavy atom. The SMILES string of the molecule is COC1=CC2=CCC3C(CC[C@@]4(C)C3CC[C@@H]4C#N)C2CC1. The van der Waals surface area contributed by atoms with Crippen LogP contribution in [-0.4, -0.2) is 7.11 Å². The first-order chi connectivity index (χ1) is 10.7. The molecule has 0 aliphatic heterocycles. The van der Waals surface area contributed by atoms with Crippen LogP contribution >= 0.6 is 0 Å². The van der Waals surface area contributed by atoms with Crippen LogP contribution in [0.3, 0.4) is 0 Å². The molecule has 2 saturated carbocycles. The predicted octanol–water partition coefficient (Wildman–Crippen LogP) is 4.84. The molecule has 0 aromatic carbocycles. The first-order valence-corrected chi connectivity index (χ1v) is 9.01. The van der Waals surface area contributed by atoms with Crippen molar-refractivity contribution in [2.75, 3.05) is 7.11 Å². The van der Waals surface area contributed by atoms with Crippen molar-refractivity contribution in [2.24, 2.45) is 35.0 Å². The topological polar surface area (TPSA) is 33.0 Å². The van der Waals surface area contributed by atoms with Gasteiger partial charge in [-0.25, -0.2) is 0 Å². The predicted molar refractivity (Wildman–Crippen MR) is 86.7 cm³/mol. The summed E-state index contributed by atoms with van der Waals surface area (Å²) in [6.07, 6.45) is 13.4. The minimum atomic E-state index is 0.295. The molecule has 118 valence electrons. The molecule has 2 fully saturated rings. The van der Waals surface area contributed by atoms with Gasteiger partial charge in [0.15, 0.2) is 0 Å². The van der Waals surface area contributed by atoms with Crippen LogP contribution in [-0.2, 0) is 4.74 Å². The summed E-state index contributed by atoms with van der Waals surface area (Å²) in [4.78, 5) is 0. The second-order valence-corrected chi connectivity index (χ2v) is 8.14. The van der Waals surface area contributed by atoms with Gasteiger partial charge >= 0.3 is 0 Å². The van der Waals surface area contributed by atoms with E-state index in [0.29, 0.717) is 11.3 Å². The van der Waals surface area contributed by atoms with E-state index < -0.39 is 0 Å². The lowest BCUT2D eigenvalue weighted by Crippen LogP contribution is -2.45. The highest BCUT2D eigenvalue weighted by molar-refractivity contribution is 5.31. The van der Waals surface area contributed by atoms with Crippen molar-refractivity contribution in [3.05, 3.63) is 23.5 Å². The van der Waals surface area contributed by atoms with E-state index in [9.17, 15) is 5.26 Å². The molecule has 4 rings (SSSR count). The molecule has 2 nitrogen and oxygen atoms in total. The third kappa shape index (κ3) is 1.91. The van der Waals surface area contributed by atoms with Gasteiger partial charge in [-0.05, 0) is 79.3 Å². The summed E-state index contributed by atoms with van der Waals surface area (Å²) in [6.45, 7) is 2.41. The van der Waals surface area contributed by atoms with E-state index in [-0.39, 0.29) is 0 Å². The van der Waals surface area contributed by atoms with Gasteiger partial charge < -0.3 is 4.74 Å². The lowest BCUT2D eigenvalue weighted by molar-refractivity contribution is 0.000488. The lowest BCUT2D eigenvalue weighted by Gasteiger charge is -2.52. The Kier molecular flexibility index (Phi) is 3.36. The van der Waals surface area contributed by atoms with Crippen LogP contribution in [0.15, 0.2) is 23.5 Å². The molecule has 22 heavy (non-hydrogen) atoms. The van der Waals surface area contributed by atoms with E-state index in [1.54, 1.807) is 12.7 Å². The Morgan fingerprint density at radius 2 is 2.09 bits per heavy atom. The molecule has 0 aromatic rings. The van der Waals surface area contributed by atoms with Gasteiger partial charge in [0.05, 0.1) is 24.9 Å². The molecule has 4 unspecified atom stereocenters. The van der Waals surface area contributed by atoms with Gasteiger partial charge in [-0.1, -0.05) is 13.0 Å². The van der Waals surface area contributed by atoms with Crippen LogP contribution in [0.1, 0.15) is 51.9 Å². The minimum absolute atomic E-state index is 0.295. The Bertz CT molecular complexity index is 569. The molecule has 0 radical (unpaired) electrons. The van der Waals surface area contributed by atoms with Crippen LogP contribution in [0.4, 0.5) is 0 Å². The monoisotopic (exact) mass is 297 g/mol. The Hall–Kier alpha value is -1.23. The highest BCUT2D eigenvalue weighted by Crippen LogP contribution is 2.62. The van der Waals surface area contributed by atoms with Crippen LogP contribution in [0.2, 0.25) is 0 Å². The molecule has 6 atom stereocenters. The average molecular weight is 297 g/mol. The number of methoxy groups -OCH3 is 1. The van der Waals surface area contributed by atoms with Crippen molar-refractivity contribution < 1.29 is 4.74 Å². The minimum Gasteiger partial charge on any atom is -0.501 e.